The van der Waals surface area contributed by atoms with Crippen molar-refractivity contribution in [1.82, 2.24) is 14.8 Å². The molecule has 4 heterocycles. The van der Waals surface area contributed by atoms with Gasteiger partial charge in [0.2, 0.25) is 5.91 Å². The topological polar surface area (TPSA) is 69.6 Å². The van der Waals surface area contributed by atoms with Crippen molar-refractivity contribution in [3.63, 3.8) is 0 Å². The summed E-state index contributed by atoms with van der Waals surface area (Å²) in [5.41, 5.74) is 4.16. The molecule has 1 atom stereocenters. The summed E-state index contributed by atoms with van der Waals surface area (Å²) >= 11 is 0. The van der Waals surface area contributed by atoms with E-state index >= 15 is 0 Å². The maximum Gasteiger partial charge on any atom is 0.257 e. The summed E-state index contributed by atoms with van der Waals surface area (Å²) in [5, 5.41) is 1.20. The molecular weight excluding hydrogens is 354 g/mol. The molecule has 0 bridgehead atoms. The molecule has 0 spiro atoms. The van der Waals surface area contributed by atoms with Gasteiger partial charge in [-0.3, -0.25) is 9.59 Å². The van der Waals surface area contributed by atoms with Crippen molar-refractivity contribution < 1.29 is 14.0 Å². The molecule has 5 rings (SSSR count). The summed E-state index contributed by atoms with van der Waals surface area (Å²) in [6, 6.07) is 9.94. The van der Waals surface area contributed by atoms with Gasteiger partial charge in [0.25, 0.3) is 5.91 Å². The molecule has 0 saturated carbocycles. The number of furan rings is 1. The SMILES string of the molecule is O=C(c1ccoc1)N1CCC[C@@H](C(=O)N2CCc3[nH]c4ccccc4c3C2)C1. The predicted molar refractivity (Wildman–Crippen MR) is 105 cm³/mol. The van der Waals surface area contributed by atoms with Gasteiger partial charge >= 0.3 is 0 Å². The number of hydrogen-bond donors (Lipinski definition) is 1. The molecule has 3 aromatic rings. The van der Waals surface area contributed by atoms with E-state index in [2.05, 4.69) is 17.1 Å². The second kappa shape index (κ2) is 6.86. The molecule has 1 saturated heterocycles. The van der Waals surface area contributed by atoms with Crippen LogP contribution in [0, 0.1) is 5.92 Å². The lowest BCUT2D eigenvalue weighted by atomic mass is 9.94. The molecule has 1 fully saturated rings. The van der Waals surface area contributed by atoms with Gasteiger partial charge in [0.1, 0.15) is 6.26 Å². The lowest BCUT2D eigenvalue weighted by Crippen LogP contribution is -2.47. The Morgan fingerprint density at radius 3 is 2.86 bits per heavy atom. The Kier molecular flexibility index (Phi) is 4.19. The van der Waals surface area contributed by atoms with Crippen LogP contribution in [0.15, 0.2) is 47.3 Å². The number of benzene rings is 1. The normalized spacial score (nSPS) is 19.6. The minimum absolute atomic E-state index is 0.0520. The van der Waals surface area contributed by atoms with Gasteiger partial charge in [-0.1, -0.05) is 18.2 Å². The van der Waals surface area contributed by atoms with Crippen molar-refractivity contribution in [3.8, 4) is 0 Å². The largest absolute Gasteiger partial charge is 0.472 e. The minimum atomic E-state index is -0.128. The van der Waals surface area contributed by atoms with Crippen LogP contribution in [0.4, 0.5) is 0 Å². The number of para-hydroxylation sites is 1. The van der Waals surface area contributed by atoms with Gasteiger partial charge in [0.15, 0.2) is 0 Å². The van der Waals surface area contributed by atoms with Crippen LogP contribution in [0.3, 0.4) is 0 Å². The predicted octanol–water partition coefficient (Wildman–Crippen LogP) is 3.20. The first kappa shape index (κ1) is 17.1. The van der Waals surface area contributed by atoms with Crippen LogP contribution in [0.25, 0.3) is 10.9 Å². The van der Waals surface area contributed by atoms with Gasteiger partial charge in [-0.05, 0) is 25.0 Å². The molecule has 1 aromatic carbocycles. The Morgan fingerprint density at radius 1 is 1.11 bits per heavy atom. The third-order valence-corrected chi connectivity index (χ3v) is 6.02. The highest BCUT2D eigenvalue weighted by Crippen LogP contribution is 2.29. The molecule has 6 nitrogen and oxygen atoms in total. The number of carbonyl (C=O) groups is 2. The van der Waals surface area contributed by atoms with Crippen molar-refractivity contribution >= 4 is 22.7 Å². The van der Waals surface area contributed by atoms with E-state index in [1.54, 1.807) is 11.0 Å². The molecule has 2 aliphatic heterocycles. The van der Waals surface area contributed by atoms with Gasteiger partial charge < -0.3 is 19.2 Å². The maximum atomic E-state index is 13.2. The molecule has 2 aromatic heterocycles. The molecule has 1 N–H and O–H groups in total. The summed E-state index contributed by atoms with van der Waals surface area (Å²) in [6.45, 7) is 2.55. The zero-order valence-electron chi connectivity index (χ0n) is 15.7. The molecule has 0 aliphatic carbocycles. The Hall–Kier alpha value is -3.02. The molecule has 0 radical (unpaired) electrons. The third-order valence-electron chi connectivity index (χ3n) is 6.02. The van der Waals surface area contributed by atoms with Crippen molar-refractivity contribution in [2.45, 2.75) is 25.8 Å². The standard InChI is InChI=1S/C22H23N3O3/c26-21(15-4-3-9-24(12-15)22(27)16-8-11-28-14-16)25-10-7-20-18(13-25)17-5-1-2-6-19(17)23-20/h1-2,5-6,8,11,14-15,23H,3-4,7,9-10,12-13H2/t15-/m1/s1. The Morgan fingerprint density at radius 2 is 2.00 bits per heavy atom. The second-order valence-corrected chi connectivity index (χ2v) is 7.74. The molecular formula is C22H23N3O3. The fraction of sp³-hybridized carbons (Fsp3) is 0.364. The van der Waals surface area contributed by atoms with E-state index in [0.717, 1.165) is 31.3 Å². The number of H-pyrrole nitrogens is 1. The molecule has 0 unspecified atom stereocenters. The Bertz CT molecular complexity index is 1020. The van der Waals surface area contributed by atoms with E-state index in [-0.39, 0.29) is 17.7 Å². The van der Waals surface area contributed by atoms with Gasteiger partial charge in [-0.25, -0.2) is 0 Å². The van der Waals surface area contributed by atoms with Gasteiger partial charge in [-0.2, -0.15) is 0 Å². The summed E-state index contributed by atoms with van der Waals surface area (Å²) < 4.78 is 5.03. The van der Waals surface area contributed by atoms with Crippen molar-refractivity contribution in [2.75, 3.05) is 19.6 Å². The maximum absolute atomic E-state index is 13.2. The number of fused-ring (bicyclic) bond motifs is 3. The number of hydrogen-bond acceptors (Lipinski definition) is 3. The average molecular weight is 377 g/mol. The van der Waals surface area contributed by atoms with Crippen molar-refractivity contribution in [2.24, 2.45) is 5.92 Å². The zero-order chi connectivity index (χ0) is 19.1. The number of rotatable bonds is 2. The van der Waals surface area contributed by atoms with Gasteiger partial charge in [0, 0.05) is 54.8 Å². The number of carbonyl (C=O) groups excluding carboxylic acids is 2. The molecule has 6 heteroatoms. The number of aromatic nitrogens is 1. The van der Waals surface area contributed by atoms with Crippen LogP contribution < -0.4 is 0 Å². The zero-order valence-corrected chi connectivity index (χ0v) is 15.7. The first-order valence-electron chi connectivity index (χ1n) is 9.89. The molecule has 2 aliphatic rings. The highest BCUT2D eigenvalue weighted by Gasteiger charge is 2.33. The first-order chi connectivity index (χ1) is 13.7. The summed E-state index contributed by atoms with van der Waals surface area (Å²) in [6.07, 6.45) is 5.51. The number of nitrogens with one attached hydrogen (secondary N) is 1. The van der Waals surface area contributed by atoms with E-state index in [1.165, 1.54) is 29.2 Å². The fourth-order valence-electron chi connectivity index (χ4n) is 4.54. The van der Waals surface area contributed by atoms with E-state index in [0.29, 0.717) is 25.2 Å². The number of amides is 2. The van der Waals surface area contributed by atoms with Crippen molar-refractivity contribution in [1.29, 1.82) is 0 Å². The third kappa shape index (κ3) is 2.89. The smallest absolute Gasteiger partial charge is 0.257 e. The number of nitrogens with zero attached hydrogens (tertiary/aromatic N) is 2. The molecule has 2 amide bonds. The molecule has 144 valence electrons. The number of piperidine rings is 1. The van der Waals surface area contributed by atoms with E-state index in [4.69, 9.17) is 4.42 Å². The summed E-state index contributed by atoms with van der Waals surface area (Å²) in [7, 11) is 0. The molecule has 28 heavy (non-hydrogen) atoms. The average Bonchev–Trinajstić information content (AvgIpc) is 3.40. The first-order valence-corrected chi connectivity index (χ1v) is 9.89. The quantitative estimate of drug-likeness (QED) is 0.746. The van der Waals surface area contributed by atoms with Gasteiger partial charge in [-0.15, -0.1) is 0 Å². The second-order valence-electron chi connectivity index (χ2n) is 7.74. The van der Waals surface area contributed by atoms with E-state index in [1.807, 2.05) is 17.0 Å². The Labute approximate surface area is 163 Å². The number of likely N-dealkylation sites (tertiary alicyclic amines) is 1. The lowest BCUT2D eigenvalue weighted by molar-refractivity contribution is -0.137. The van der Waals surface area contributed by atoms with Crippen molar-refractivity contribution in [3.05, 3.63) is 59.7 Å². The fourth-order valence-corrected chi connectivity index (χ4v) is 4.54. The van der Waals surface area contributed by atoms with Crippen LogP contribution in [0.1, 0.15) is 34.5 Å². The van der Waals surface area contributed by atoms with Gasteiger partial charge in [0.05, 0.1) is 17.7 Å². The Balaban J connectivity index is 1.32. The number of aromatic amines is 1. The minimum Gasteiger partial charge on any atom is -0.472 e. The highest BCUT2D eigenvalue weighted by molar-refractivity contribution is 5.94. The summed E-state index contributed by atoms with van der Waals surface area (Å²) in [4.78, 5) is 33.1. The van der Waals surface area contributed by atoms with Crippen LogP contribution in [-0.4, -0.2) is 46.2 Å². The van der Waals surface area contributed by atoms with Crippen LogP contribution in [0.2, 0.25) is 0 Å². The van der Waals surface area contributed by atoms with E-state index < -0.39 is 0 Å². The lowest BCUT2D eigenvalue weighted by Gasteiger charge is -2.36. The highest BCUT2D eigenvalue weighted by atomic mass is 16.3. The monoisotopic (exact) mass is 377 g/mol. The van der Waals surface area contributed by atoms with Crippen LogP contribution >= 0.6 is 0 Å². The van der Waals surface area contributed by atoms with E-state index in [9.17, 15) is 9.59 Å². The van der Waals surface area contributed by atoms with Crippen LogP contribution in [0.5, 0.6) is 0 Å². The summed E-state index contributed by atoms with van der Waals surface area (Å²) in [5.74, 6) is -0.0132. The van der Waals surface area contributed by atoms with Crippen LogP contribution in [-0.2, 0) is 17.8 Å².